The summed E-state index contributed by atoms with van der Waals surface area (Å²) >= 11 is 0. The van der Waals surface area contributed by atoms with E-state index < -0.39 is 0 Å². The Bertz CT molecular complexity index is 734. The van der Waals surface area contributed by atoms with Gasteiger partial charge in [0.25, 0.3) is 0 Å². The number of rotatable bonds is 9. The third kappa shape index (κ3) is 7.29. The molecular formula is C22H36IN5O. The van der Waals surface area contributed by atoms with E-state index in [2.05, 4.69) is 86.7 Å². The van der Waals surface area contributed by atoms with Crippen molar-refractivity contribution in [2.75, 3.05) is 27.2 Å². The average molecular weight is 513 g/mol. The fraction of sp³-hybridized carbons (Fsp3) is 0.545. The van der Waals surface area contributed by atoms with Crippen molar-refractivity contribution in [3.63, 3.8) is 0 Å². The predicted molar refractivity (Wildman–Crippen MR) is 131 cm³/mol. The maximum atomic E-state index is 5.46. The summed E-state index contributed by atoms with van der Waals surface area (Å²) in [5.41, 5.74) is 4.68. The molecule has 162 valence electrons. The molecule has 1 unspecified atom stereocenters. The van der Waals surface area contributed by atoms with Crippen LogP contribution in [0.25, 0.3) is 0 Å². The molecule has 6 nitrogen and oxygen atoms in total. The van der Waals surface area contributed by atoms with Crippen molar-refractivity contribution in [1.29, 1.82) is 0 Å². The van der Waals surface area contributed by atoms with E-state index in [4.69, 9.17) is 9.52 Å². The molecule has 0 aliphatic heterocycles. The van der Waals surface area contributed by atoms with Gasteiger partial charge in [0.1, 0.15) is 5.76 Å². The van der Waals surface area contributed by atoms with Crippen LogP contribution >= 0.6 is 24.0 Å². The zero-order chi connectivity index (χ0) is 20.5. The number of benzene rings is 1. The Labute approximate surface area is 192 Å². The number of aromatic nitrogens is 1. The second kappa shape index (κ2) is 12.8. The second-order valence-electron chi connectivity index (χ2n) is 7.20. The van der Waals surface area contributed by atoms with Crippen molar-refractivity contribution in [2.45, 2.75) is 53.1 Å². The molecule has 1 heterocycles. The number of aryl methyl sites for hydroxylation is 3. The maximum Gasteiger partial charge on any atom is 0.191 e. The van der Waals surface area contributed by atoms with Gasteiger partial charge in [-0.2, -0.15) is 0 Å². The topological polar surface area (TPSA) is 65.7 Å². The summed E-state index contributed by atoms with van der Waals surface area (Å²) in [6.45, 7) is 10.5. The van der Waals surface area contributed by atoms with E-state index in [9.17, 15) is 0 Å². The molecule has 29 heavy (non-hydrogen) atoms. The summed E-state index contributed by atoms with van der Waals surface area (Å²) in [6.07, 6.45) is 1.69. The van der Waals surface area contributed by atoms with Gasteiger partial charge in [-0.15, -0.1) is 24.0 Å². The number of halogens is 1. The molecule has 0 fully saturated rings. The molecule has 2 aromatic rings. The highest BCUT2D eigenvalue weighted by molar-refractivity contribution is 14.0. The molecular weight excluding hydrogens is 477 g/mol. The number of guanidine groups is 1. The minimum Gasteiger partial charge on any atom is -0.361 e. The van der Waals surface area contributed by atoms with Crippen molar-refractivity contribution in [3.8, 4) is 0 Å². The number of nitrogens with one attached hydrogen (secondary N) is 2. The first-order chi connectivity index (χ1) is 13.5. The molecule has 0 radical (unpaired) electrons. The second-order valence-corrected chi connectivity index (χ2v) is 7.20. The highest BCUT2D eigenvalue weighted by atomic mass is 127. The molecule has 7 heteroatoms. The van der Waals surface area contributed by atoms with Crippen molar-refractivity contribution in [3.05, 3.63) is 52.4 Å². The Morgan fingerprint density at radius 2 is 1.79 bits per heavy atom. The fourth-order valence-electron chi connectivity index (χ4n) is 3.20. The van der Waals surface area contributed by atoms with Gasteiger partial charge < -0.3 is 20.1 Å². The molecule has 0 saturated heterocycles. The maximum absolute atomic E-state index is 5.46. The third-order valence-electron chi connectivity index (χ3n) is 4.89. The smallest absolute Gasteiger partial charge is 0.191 e. The molecule has 0 amide bonds. The van der Waals surface area contributed by atoms with Gasteiger partial charge in [0, 0.05) is 25.1 Å². The molecule has 1 aromatic heterocycles. The summed E-state index contributed by atoms with van der Waals surface area (Å²) in [6, 6.07) is 8.98. The molecule has 2 rings (SSSR count). The van der Waals surface area contributed by atoms with E-state index in [0.29, 0.717) is 6.54 Å². The Morgan fingerprint density at radius 3 is 2.34 bits per heavy atom. The summed E-state index contributed by atoms with van der Waals surface area (Å²) in [4.78, 5) is 7.02. The van der Waals surface area contributed by atoms with Crippen LogP contribution < -0.4 is 10.6 Å². The quantitative estimate of drug-likeness (QED) is 0.301. The van der Waals surface area contributed by atoms with E-state index in [-0.39, 0.29) is 30.0 Å². The highest BCUT2D eigenvalue weighted by Crippen LogP contribution is 2.19. The molecule has 1 aromatic carbocycles. The zero-order valence-corrected chi connectivity index (χ0v) is 20.9. The molecule has 0 aliphatic carbocycles. The normalized spacial score (nSPS) is 12.6. The largest absolute Gasteiger partial charge is 0.361 e. The van der Waals surface area contributed by atoms with Crippen LogP contribution in [-0.4, -0.2) is 43.2 Å². The van der Waals surface area contributed by atoms with E-state index in [1.165, 1.54) is 11.1 Å². The molecule has 0 saturated carbocycles. The summed E-state index contributed by atoms with van der Waals surface area (Å²) in [7, 11) is 4.21. The van der Waals surface area contributed by atoms with Gasteiger partial charge in [-0.3, -0.25) is 0 Å². The molecule has 0 bridgehead atoms. The first-order valence-electron chi connectivity index (χ1n) is 10.2. The Morgan fingerprint density at radius 1 is 1.10 bits per heavy atom. The number of likely N-dealkylation sites (N-methyl/N-ethyl adjacent to an activating group) is 1. The first-order valence-corrected chi connectivity index (χ1v) is 10.2. The molecule has 1 atom stereocenters. The highest BCUT2D eigenvalue weighted by Gasteiger charge is 2.16. The standard InChI is InChI=1S/C22H35N5O.HI/c1-7-19-18(21(8-2)28-26-19)14-24-22(23-9-3)25-15-20(27(5)6)17-12-10-16(4)11-13-17;/h10-13,20H,7-9,14-15H2,1-6H3,(H2,23,24,25);1H. The minimum absolute atomic E-state index is 0. The Balaban J connectivity index is 0.00000420. The Kier molecular flexibility index (Phi) is 11.3. The fourth-order valence-corrected chi connectivity index (χ4v) is 3.20. The van der Waals surface area contributed by atoms with Crippen LogP contribution in [-0.2, 0) is 19.4 Å². The number of hydrogen-bond donors (Lipinski definition) is 2. The van der Waals surface area contributed by atoms with Gasteiger partial charge in [0.2, 0.25) is 0 Å². The number of nitrogens with zero attached hydrogens (tertiary/aromatic N) is 3. The number of hydrogen-bond acceptors (Lipinski definition) is 4. The van der Waals surface area contributed by atoms with Crippen LogP contribution in [0.1, 0.15) is 55.0 Å². The van der Waals surface area contributed by atoms with Crippen molar-refractivity contribution in [1.82, 2.24) is 20.7 Å². The lowest BCUT2D eigenvalue weighted by Gasteiger charge is -2.26. The monoisotopic (exact) mass is 513 g/mol. The van der Waals surface area contributed by atoms with Gasteiger partial charge in [0.15, 0.2) is 5.96 Å². The van der Waals surface area contributed by atoms with Crippen LogP contribution in [0.2, 0.25) is 0 Å². The average Bonchev–Trinajstić information content (AvgIpc) is 3.09. The van der Waals surface area contributed by atoms with Crippen molar-refractivity contribution < 1.29 is 4.52 Å². The first kappa shape index (κ1) is 25.4. The zero-order valence-electron chi connectivity index (χ0n) is 18.6. The molecule has 0 aliphatic rings. The van der Waals surface area contributed by atoms with Crippen LogP contribution in [0, 0.1) is 6.92 Å². The van der Waals surface area contributed by atoms with Crippen molar-refractivity contribution >= 4 is 29.9 Å². The van der Waals surface area contributed by atoms with Crippen LogP contribution in [0.15, 0.2) is 33.8 Å². The number of aliphatic imine (C=N–C) groups is 1. The van der Waals surface area contributed by atoms with Gasteiger partial charge in [0.05, 0.1) is 18.3 Å². The van der Waals surface area contributed by atoms with E-state index in [1.54, 1.807) is 0 Å². The molecule has 2 N–H and O–H groups in total. The summed E-state index contributed by atoms with van der Waals surface area (Å²) in [5.74, 6) is 1.74. The Hall–Kier alpha value is -1.61. The lowest BCUT2D eigenvalue weighted by Crippen LogP contribution is -2.41. The van der Waals surface area contributed by atoms with Gasteiger partial charge in [-0.1, -0.05) is 48.8 Å². The van der Waals surface area contributed by atoms with Crippen LogP contribution in [0.5, 0.6) is 0 Å². The van der Waals surface area contributed by atoms with E-state index >= 15 is 0 Å². The third-order valence-corrected chi connectivity index (χ3v) is 4.89. The predicted octanol–water partition coefficient (Wildman–Crippen LogP) is 4.08. The van der Waals surface area contributed by atoms with Gasteiger partial charge >= 0.3 is 0 Å². The van der Waals surface area contributed by atoms with E-state index in [1.807, 2.05) is 0 Å². The summed E-state index contributed by atoms with van der Waals surface area (Å²) in [5, 5.41) is 11.0. The lowest BCUT2D eigenvalue weighted by molar-refractivity contribution is 0.298. The van der Waals surface area contributed by atoms with Gasteiger partial charge in [-0.25, -0.2) is 4.99 Å². The lowest BCUT2D eigenvalue weighted by atomic mass is 10.0. The molecule has 0 spiro atoms. The van der Waals surface area contributed by atoms with Crippen LogP contribution in [0.3, 0.4) is 0 Å². The SMILES string of the molecule is CCNC(=NCc1c(CC)noc1CC)NCC(c1ccc(C)cc1)N(C)C.I. The van der Waals surface area contributed by atoms with Crippen LogP contribution in [0.4, 0.5) is 0 Å². The van der Waals surface area contributed by atoms with E-state index in [0.717, 1.165) is 48.9 Å². The van der Waals surface area contributed by atoms with Crippen molar-refractivity contribution in [2.24, 2.45) is 4.99 Å². The van der Waals surface area contributed by atoms with Gasteiger partial charge in [-0.05, 0) is 39.9 Å². The minimum atomic E-state index is 0. The summed E-state index contributed by atoms with van der Waals surface area (Å²) < 4.78 is 5.46.